The van der Waals surface area contributed by atoms with Gasteiger partial charge >= 0.3 is 5.97 Å². The predicted octanol–water partition coefficient (Wildman–Crippen LogP) is 1.51. The van der Waals surface area contributed by atoms with Crippen molar-refractivity contribution >= 4 is 11.9 Å². The molecule has 0 rings (SSSR count). The highest BCUT2D eigenvalue weighted by atomic mass is 16.4. The van der Waals surface area contributed by atoms with Crippen molar-refractivity contribution < 1.29 is 14.7 Å². The molecule has 5 nitrogen and oxygen atoms in total. The summed E-state index contributed by atoms with van der Waals surface area (Å²) in [5.41, 5.74) is 5.11. The number of hydrogen-bond acceptors (Lipinski definition) is 3. The fourth-order valence-electron chi connectivity index (χ4n) is 1.62. The second kappa shape index (κ2) is 8.08. The Morgan fingerprint density at radius 1 is 1.22 bits per heavy atom. The van der Waals surface area contributed by atoms with E-state index in [-0.39, 0.29) is 23.8 Å². The van der Waals surface area contributed by atoms with Crippen LogP contribution >= 0.6 is 0 Å². The number of hydrogen-bond donors (Lipinski definition) is 3. The van der Waals surface area contributed by atoms with Crippen LogP contribution in [0.1, 0.15) is 52.9 Å². The lowest BCUT2D eigenvalue weighted by Crippen LogP contribution is -2.45. The highest BCUT2D eigenvalue weighted by Gasteiger charge is 2.28. The van der Waals surface area contributed by atoms with E-state index in [0.29, 0.717) is 13.0 Å². The van der Waals surface area contributed by atoms with Gasteiger partial charge < -0.3 is 16.2 Å². The van der Waals surface area contributed by atoms with Crippen LogP contribution in [0.5, 0.6) is 0 Å². The van der Waals surface area contributed by atoms with Gasteiger partial charge in [-0.25, -0.2) is 0 Å². The second-order valence-electron chi connectivity index (χ2n) is 5.68. The zero-order chi connectivity index (χ0) is 14.2. The topological polar surface area (TPSA) is 92.4 Å². The first-order valence-electron chi connectivity index (χ1n) is 6.48. The molecule has 1 unspecified atom stereocenters. The van der Waals surface area contributed by atoms with Gasteiger partial charge in [-0.05, 0) is 24.8 Å². The van der Waals surface area contributed by atoms with Crippen molar-refractivity contribution in [2.45, 2.75) is 58.9 Å². The van der Waals surface area contributed by atoms with Crippen molar-refractivity contribution in [1.29, 1.82) is 0 Å². The number of carboxylic acid groups (broad SMARTS) is 1. The smallest absolute Gasteiger partial charge is 0.305 e. The average molecular weight is 258 g/mol. The standard InChI is InChI=1S/C13H26N2O3/c1-13(2,3)10(9-12(17)18)15-11(16)7-5-4-6-8-14/h10H,4-9,14H2,1-3H3,(H,15,16)(H,17,18). The van der Waals surface area contributed by atoms with Gasteiger partial charge in [0.25, 0.3) is 0 Å². The SMILES string of the molecule is CC(C)(C)C(CC(=O)O)NC(=O)CCCCCN. The van der Waals surface area contributed by atoms with Crippen molar-refractivity contribution in [3.05, 3.63) is 0 Å². The number of carbonyl (C=O) groups is 2. The maximum Gasteiger partial charge on any atom is 0.305 e. The third-order valence-electron chi connectivity index (χ3n) is 2.87. The van der Waals surface area contributed by atoms with E-state index in [1.807, 2.05) is 20.8 Å². The minimum atomic E-state index is -0.890. The van der Waals surface area contributed by atoms with Crippen molar-refractivity contribution in [3.8, 4) is 0 Å². The van der Waals surface area contributed by atoms with Crippen LogP contribution in [0.25, 0.3) is 0 Å². The molecule has 0 saturated carbocycles. The number of nitrogens with two attached hydrogens (primary N) is 1. The number of aliphatic carboxylic acids is 1. The Morgan fingerprint density at radius 2 is 1.83 bits per heavy atom. The van der Waals surface area contributed by atoms with E-state index in [1.165, 1.54) is 0 Å². The van der Waals surface area contributed by atoms with Crippen molar-refractivity contribution in [3.63, 3.8) is 0 Å². The number of amides is 1. The van der Waals surface area contributed by atoms with Crippen LogP contribution in [0, 0.1) is 5.41 Å². The van der Waals surface area contributed by atoms with Gasteiger partial charge in [-0.2, -0.15) is 0 Å². The van der Waals surface area contributed by atoms with E-state index in [2.05, 4.69) is 5.32 Å². The van der Waals surface area contributed by atoms with Crippen LogP contribution in [0.4, 0.5) is 0 Å². The summed E-state index contributed by atoms with van der Waals surface area (Å²) in [6, 6.07) is -0.336. The second-order valence-corrected chi connectivity index (χ2v) is 5.68. The minimum Gasteiger partial charge on any atom is -0.481 e. The molecule has 1 amide bonds. The van der Waals surface area contributed by atoms with E-state index in [9.17, 15) is 9.59 Å². The Hall–Kier alpha value is -1.10. The van der Waals surface area contributed by atoms with Crippen LogP contribution in [0.2, 0.25) is 0 Å². The van der Waals surface area contributed by atoms with Gasteiger partial charge in [0.05, 0.1) is 6.42 Å². The van der Waals surface area contributed by atoms with Gasteiger partial charge in [0.2, 0.25) is 5.91 Å². The molecule has 106 valence electrons. The van der Waals surface area contributed by atoms with Crippen LogP contribution in [0.3, 0.4) is 0 Å². The fraction of sp³-hybridized carbons (Fsp3) is 0.846. The molecule has 5 heteroatoms. The highest BCUT2D eigenvalue weighted by Crippen LogP contribution is 2.22. The fourth-order valence-corrected chi connectivity index (χ4v) is 1.62. The molecule has 0 heterocycles. The number of rotatable bonds is 8. The first-order chi connectivity index (χ1) is 8.27. The van der Waals surface area contributed by atoms with Crippen LogP contribution < -0.4 is 11.1 Å². The average Bonchev–Trinajstić information content (AvgIpc) is 2.21. The van der Waals surface area contributed by atoms with Crippen molar-refractivity contribution in [2.75, 3.05) is 6.54 Å². The number of carbonyl (C=O) groups excluding carboxylic acids is 1. The van der Waals surface area contributed by atoms with Crippen molar-refractivity contribution in [1.82, 2.24) is 5.32 Å². The molecule has 0 radical (unpaired) electrons. The Balaban J connectivity index is 4.15. The third kappa shape index (κ3) is 8.06. The molecule has 0 spiro atoms. The molecule has 1 atom stereocenters. The molecule has 0 aromatic carbocycles. The lowest BCUT2D eigenvalue weighted by Gasteiger charge is -2.30. The van der Waals surface area contributed by atoms with Crippen molar-refractivity contribution in [2.24, 2.45) is 11.1 Å². The molecule has 0 aromatic heterocycles. The van der Waals surface area contributed by atoms with Gasteiger partial charge in [-0.1, -0.05) is 27.2 Å². The Bertz CT molecular complexity index is 272. The zero-order valence-electron chi connectivity index (χ0n) is 11.7. The summed E-state index contributed by atoms with van der Waals surface area (Å²) in [4.78, 5) is 22.5. The number of carboxylic acids is 1. The maximum atomic E-state index is 11.7. The normalized spacial score (nSPS) is 13.1. The molecule has 0 saturated heterocycles. The molecular weight excluding hydrogens is 232 g/mol. The largest absolute Gasteiger partial charge is 0.481 e. The van der Waals surface area contributed by atoms with E-state index < -0.39 is 5.97 Å². The van der Waals surface area contributed by atoms with Gasteiger partial charge in [0.15, 0.2) is 0 Å². The summed E-state index contributed by atoms with van der Waals surface area (Å²) < 4.78 is 0. The summed E-state index contributed by atoms with van der Waals surface area (Å²) in [6.07, 6.45) is 3.05. The summed E-state index contributed by atoms with van der Waals surface area (Å²) in [5, 5.41) is 11.7. The van der Waals surface area contributed by atoms with E-state index in [0.717, 1.165) is 19.3 Å². The van der Waals surface area contributed by atoms with Crippen LogP contribution in [-0.2, 0) is 9.59 Å². The molecule has 18 heavy (non-hydrogen) atoms. The quantitative estimate of drug-likeness (QED) is 0.575. The lowest BCUT2D eigenvalue weighted by molar-refractivity contribution is -0.138. The first kappa shape index (κ1) is 16.9. The monoisotopic (exact) mass is 258 g/mol. The van der Waals surface area contributed by atoms with E-state index in [1.54, 1.807) is 0 Å². The minimum absolute atomic E-state index is 0.0436. The Morgan fingerprint density at radius 3 is 2.28 bits per heavy atom. The van der Waals surface area contributed by atoms with Crippen LogP contribution in [-0.4, -0.2) is 29.6 Å². The zero-order valence-corrected chi connectivity index (χ0v) is 11.7. The molecular formula is C13H26N2O3. The molecule has 4 N–H and O–H groups in total. The summed E-state index contributed by atoms with van der Waals surface area (Å²) >= 11 is 0. The molecule has 0 aliphatic heterocycles. The highest BCUT2D eigenvalue weighted by molar-refractivity contribution is 5.77. The maximum absolute atomic E-state index is 11.7. The van der Waals surface area contributed by atoms with Gasteiger partial charge in [-0.15, -0.1) is 0 Å². The van der Waals surface area contributed by atoms with Gasteiger partial charge in [0.1, 0.15) is 0 Å². The molecule has 0 bridgehead atoms. The van der Waals surface area contributed by atoms with Gasteiger partial charge in [-0.3, -0.25) is 9.59 Å². The summed E-state index contributed by atoms with van der Waals surface area (Å²) in [6.45, 7) is 6.42. The number of unbranched alkanes of at least 4 members (excludes halogenated alkanes) is 2. The number of nitrogens with one attached hydrogen (secondary N) is 1. The predicted molar refractivity (Wildman–Crippen MR) is 71.2 cm³/mol. The summed E-state index contributed by atoms with van der Waals surface area (Å²) in [5.74, 6) is -0.966. The first-order valence-corrected chi connectivity index (χ1v) is 6.48. The Kier molecular flexibility index (Phi) is 7.59. The lowest BCUT2D eigenvalue weighted by atomic mass is 9.84. The van der Waals surface area contributed by atoms with Gasteiger partial charge in [0, 0.05) is 12.5 Å². The summed E-state index contributed by atoms with van der Waals surface area (Å²) in [7, 11) is 0. The molecule has 0 aliphatic carbocycles. The van der Waals surface area contributed by atoms with Crippen LogP contribution in [0.15, 0.2) is 0 Å². The van der Waals surface area contributed by atoms with E-state index >= 15 is 0 Å². The third-order valence-corrected chi connectivity index (χ3v) is 2.87. The van der Waals surface area contributed by atoms with E-state index in [4.69, 9.17) is 10.8 Å². The molecule has 0 fully saturated rings. The Labute approximate surface area is 109 Å². The molecule has 0 aliphatic rings. The molecule has 0 aromatic rings.